The first kappa shape index (κ1) is 11.8. The molecule has 0 amide bonds. The van der Waals surface area contributed by atoms with Crippen molar-refractivity contribution in [1.29, 1.82) is 0 Å². The summed E-state index contributed by atoms with van der Waals surface area (Å²) in [5.74, 6) is 0. The van der Waals surface area contributed by atoms with Gasteiger partial charge in [0.25, 0.3) is 0 Å². The summed E-state index contributed by atoms with van der Waals surface area (Å²) >= 11 is 0. The van der Waals surface area contributed by atoms with Crippen LogP contribution in [0.4, 0.5) is 0 Å². The molecular weight excluding hydrogens is 212 g/mol. The molecule has 1 N–H and O–H groups in total. The van der Waals surface area contributed by atoms with Crippen molar-refractivity contribution in [3.8, 4) is 0 Å². The molecule has 0 bridgehead atoms. The fraction of sp³-hybridized carbons (Fsp3) is 0.385. The van der Waals surface area contributed by atoms with Crippen LogP contribution in [-0.2, 0) is 13.1 Å². The molecule has 0 radical (unpaired) electrons. The summed E-state index contributed by atoms with van der Waals surface area (Å²) in [5.41, 5.74) is 2.57. The Kier molecular flexibility index (Phi) is 4.27. The molecule has 90 valence electrons. The largest absolute Gasteiger partial charge is 0.337 e. The average Bonchev–Trinajstić information content (AvgIpc) is 2.84. The van der Waals surface area contributed by atoms with Crippen LogP contribution in [0, 0.1) is 6.92 Å². The molecule has 2 rings (SSSR count). The van der Waals surface area contributed by atoms with Crippen LogP contribution in [0.2, 0.25) is 0 Å². The van der Waals surface area contributed by atoms with Gasteiger partial charge in [-0.2, -0.15) is 0 Å². The van der Waals surface area contributed by atoms with Gasteiger partial charge in [0.05, 0.1) is 6.33 Å². The van der Waals surface area contributed by atoms with Gasteiger partial charge >= 0.3 is 0 Å². The van der Waals surface area contributed by atoms with E-state index < -0.39 is 0 Å². The van der Waals surface area contributed by atoms with Crippen molar-refractivity contribution in [2.45, 2.75) is 26.4 Å². The van der Waals surface area contributed by atoms with Crippen LogP contribution in [0.5, 0.6) is 0 Å². The third-order valence-electron chi connectivity index (χ3n) is 2.78. The van der Waals surface area contributed by atoms with Crippen molar-refractivity contribution in [2.75, 3.05) is 6.54 Å². The lowest BCUT2D eigenvalue weighted by atomic mass is 10.1. The molecule has 0 aliphatic carbocycles. The summed E-state index contributed by atoms with van der Waals surface area (Å²) in [7, 11) is 0. The van der Waals surface area contributed by atoms with Crippen LogP contribution in [0.25, 0.3) is 0 Å². The Hall–Kier alpha value is -1.68. The third-order valence-corrected chi connectivity index (χ3v) is 2.78. The van der Waals surface area contributed by atoms with Gasteiger partial charge < -0.3 is 9.88 Å². The molecular formula is C13H18N4. The number of aryl methyl sites for hydroxylation is 2. The predicted octanol–water partition coefficient (Wildman–Crippen LogP) is 1.77. The Labute approximate surface area is 102 Å². The molecule has 2 aromatic heterocycles. The summed E-state index contributed by atoms with van der Waals surface area (Å²) in [4.78, 5) is 8.10. The van der Waals surface area contributed by atoms with Crippen LogP contribution >= 0.6 is 0 Å². The van der Waals surface area contributed by atoms with Crippen molar-refractivity contribution >= 4 is 0 Å². The molecule has 2 aromatic rings. The SMILES string of the molecule is Cc1cnccc1CNCCCn1ccnc1. The maximum absolute atomic E-state index is 4.09. The highest BCUT2D eigenvalue weighted by atomic mass is 15.0. The van der Waals surface area contributed by atoms with Crippen molar-refractivity contribution in [2.24, 2.45) is 0 Å². The lowest BCUT2D eigenvalue weighted by Crippen LogP contribution is -2.17. The third kappa shape index (κ3) is 3.67. The van der Waals surface area contributed by atoms with Gasteiger partial charge in [-0.25, -0.2) is 4.98 Å². The van der Waals surface area contributed by atoms with E-state index in [0.29, 0.717) is 0 Å². The minimum Gasteiger partial charge on any atom is -0.337 e. The minimum absolute atomic E-state index is 0.915. The van der Waals surface area contributed by atoms with Gasteiger partial charge in [-0.15, -0.1) is 0 Å². The first-order valence-electron chi connectivity index (χ1n) is 5.92. The maximum Gasteiger partial charge on any atom is 0.0945 e. The summed E-state index contributed by atoms with van der Waals surface area (Å²) < 4.78 is 2.10. The molecule has 4 nitrogen and oxygen atoms in total. The van der Waals surface area contributed by atoms with Crippen molar-refractivity contribution in [3.05, 3.63) is 48.3 Å². The molecule has 0 aromatic carbocycles. The van der Waals surface area contributed by atoms with E-state index in [4.69, 9.17) is 0 Å². The Morgan fingerprint density at radius 2 is 2.24 bits per heavy atom. The van der Waals surface area contributed by atoms with E-state index >= 15 is 0 Å². The molecule has 4 heteroatoms. The summed E-state index contributed by atoms with van der Waals surface area (Å²) in [6, 6.07) is 2.07. The van der Waals surface area contributed by atoms with Crippen LogP contribution < -0.4 is 5.32 Å². The molecule has 0 aliphatic heterocycles. The first-order valence-corrected chi connectivity index (χ1v) is 5.92. The molecule has 17 heavy (non-hydrogen) atoms. The highest BCUT2D eigenvalue weighted by Gasteiger charge is 1.96. The fourth-order valence-corrected chi connectivity index (χ4v) is 1.73. The summed E-state index contributed by atoms with van der Waals surface area (Å²) in [6.07, 6.45) is 10.5. The lowest BCUT2D eigenvalue weighted by Gasteiger charge is -2.07. The Morgan fingerprint density at radius 1 is 1.29 bits per heavy atom. The normalized spacial score (nSPS) is 10.6. The van der Waals surface area contributed by atoms with E-state index in [-0.39, 0.29) is 0 Å². The van der Waals surface area contributed by atoms with Gasteiger partial charge in [0.1, 0.15) is 0 Å². The molecule has 0 spiro atoms. The lowest BCUT2D eigenvalue weighted by molar-refractivity contribution is 0.580. The molecule has 0 unspecified atom stereocenters. The van der Waals surface area contributed by atoms with Crippen LogP contribution in [0.3, 0.4) is 0 Å². The second-order valence-electron chi connectivity index (χ2n) is 4.13. The van der Waals surface area contributed by atoms with E-state index in [9.17, 15) is 0 Å². The van der Waals surface area contributed by atoms with Crippen molar-refractivity contribution in [3.63, 3.8) is 0 Å². The number of rotatable bonds is 6. The van der Waals surface area contributed by atoms with Crippen LogP contribution in [0.1, 0.15) is 17.5 Å². The number of pyridine rings is 1. The van der Waals surface area contributed by atoms with Gasteiger partial charge in [-0.1, -0.05) is 0 Å². The van der Waals surface area contributed by atoms with Gasteiger partial charge in [0, 0.05) is 37.9 Å². The molecule has 0 saturated heterocycles. The van der Waals surface area contributed by atoms with Gasteiger partial charge in [0.15, 0.2) is 0 Å². The highest BCUT2D eigenvalue weighted by molar-refractivity contribution is 5.21. The smallest absolute Gasteiger partial charge is 0.0945 e. The number of imidazole rings is 1. The second-order valence-corrected chi connectivity index (χ2v) is 4.13. The number of hydrogen-bond donors (Lipinski definition) is 1. The standard InChI is InChI=1S/C13H18N4/c1-12-9-15-5-3-13(12)10-14-4-2-7-17-8-6-16-11-17/h3,5-6,8-9,11,14H,2,4,7,10H2,1H3. The molecule has 0 atom stereocenters. The van der Waals surface area contributed by atoms with E-state index in [1.807, 2.05) is 31.1 Å². The summed E-state index contributed by atoms with van der Waals surface area (Å²) in [6.45, 7) is 5.04. The van der Waals surface area contributed by atoms with E-state index in [1.165, 1.54) is 11.1 Å². The second kappa shape index (κ2) is 6.15. The van der Waals surface area contributed by atoms with Crippen LogP contribution in [-0.4, -0.2) is 21.1 Å². The number of nitrogens with zero attached hydrogens (tertiary/aromatic N) is 3. The summed E-state index contributed by atoms with van der Waals surface area (Å²) in [5, 5.41) is 3.44. The van der Waals surface area contributed by atoms with E-state index in [2.05, 4.69) is 32.8 Å². The Morgan fingerprint density at radius 3 is 3.00 bits per heavy atom. The molecule has 0 saturated carbocycles. The van der Waals surface area contributed by atoms with Crippen molar-refractivity contribution in [1.82, 2.24) is 19.9 Å². The van der Waals surface area contributed by atoms with Gasteiger partial charge in [-0.3, -0.25) is 4.98 Å². The topological polar surface area (TPSA) is 42.7 Å². The number of nitrogens with one attached hydrogen (secondary N) is 1. The minimum atomic E-state index is 0.915. The quantitative estimate of drug-likeness (QED) is 0.769. The van der Waals surface area contributed by atoms with Crippen molar-refractivity contribution < 1.29 is 0 Å². The predicted molar refractivity (Wildman–Crippen MR) is 67.5 cm³/mol. The Bertz CT molecular complexity index is 436. The molecule has 0 fully saturated rings. The molecule has 2 heterocycles. The van der Waals surface area contributed by atoms with E-state index in [1.54, 1.807) is 0 Å². The zero-order chi connectivity index (χ0) is 11.9. The maximum atomic E-state index is 4.09. The molecule has 0 aliphatic rings. The highest BCUT2D eigenvalue weighted by Crippen LogP contribution is 2.03. The average molecular weight is 230 g/mol. The zero-order valence-corrected chi connectivity index (χ0v) is 10.1. The van der Waals surface area contributed by atoms with Gasteiger partial charge in [-0.05, 0) is 37.1 Å². The number of hydrogen-bond acceptors (Lipinski definition) is 3. The van der Waals surface area contributed by atoms with Crippen LogP contribution in [0.15, 0.2) is 37.2 Å². The van der Waals surface area contributed by atoms with Gasteiger partial charge in [0.2, 0.25) is 0 Å². The fourth-order valence-electron chi connectivity index (χ4n) is 1.73. The zero-order valence-electron chi connectivity index (χ0n) is 10.1. The first-order chi connectivity index (χ1) is 8.36. The monoisotopic (exact) mass is 230 g/mol. The number of aromatic nitrogens is 3. The Balaban J connectivity index is 1.65. The van der Waals surface area contributed by atoms with E-state index in [0.717, 1.165) is 26.1 Å².